The smallest absolute Gasteiger partial charge is 0.243 e. The second-order valence-corrected chi connectivity index (χ2v) is 7.66. The summed E-state index contributed by atoms with van der Waals surface area (Å²) in [6, 6.07) is 2.86. The van der Waals surface area contributed by atoms with E-state index in [-0.39, 0.29) is 16.5 Å². The van der Waals surface area contributed by atoms with E-state index in [4.69, 9.17) is 11.6 Å². The van der Waals surface area contributed by atoms with Gasteiger partial charge in [0.05, 0.1) is 10.9 Å². The summed E-state index contributed by atoms with van der Waals surface area (Å²) in [6.45, 7) is 1.23. The van der Waals surface area contributed by atoms with Crippen LogP contribution in [0.1, 0.15) is 11.9 Å². The number of sulfonamides is 1. The van der Waals surface area contributed by atoms with Gasteiger partial charge in [-0.3, -0.25) is 0 Å². The second kappa shape index (κ2) is 6.20. The molecule has 0 spiro atoms. The Kier molecular flexibility index (Phi) is 4.41. The predicted molar refractivity (Wildman–Crippen MR) is 84.1 cm³/mol. The van der Waals surface area contributed by atoms with Crippen LogP contribution in [0.4, 0.5) is 4.39 Å². The zero-order chi connectivity index (χ0) is 16.6. The second-order valence-electron chi connectivity index (χ2n) is 5.34. The van der Waals surface area contributed by atoms with E-state index in [0.717, 1.165) is 12.1 Å². The predicted octanol–water partition coefficient (Wildman–Crippen LogP) is 1.55. The average Bonchev–Trinajstić information content (AvgIpc) is 2.92. The SMILES string of the molecule is Cn1ccnc1C1CNCCN1S(=O)(=O)c1cc(F)cc(Cl)c1. The average molecular weight is 359 g/mol. The van der Waals surface area contributed by atoms with Gasteiger partial charge < -0.3 is 9.88 Å². The van der Waals surface area contributed by atoms with Gasteiger partial charge in [0.15, 0.2) is 0 Å². The first-order valence-electron chi connectivity index (χ1n) is 7.05. The lowest BCUT2D eigenvalue weighted by Gasteiger charge is -2.34. The first-order valence-corrected chi connectivity index (χ1v) is 8.87. The fourth-order valence-electron chi connectivity index (χ4n) is 2.70. The van der Waals surface area contributed by atoms with Crippen LogP contribution in [0, 0.1) is 5.82 Å². The van der Waals surface area contributed by atoms with Crippen molar-refractivity contribution in [1.82, 2.24) is 19.2 Å². The van der Waals surface area contributed by atoms with Gasteiger partial charge >= 0.3 is 0 Å². The Bertz CT molecular complexity index is 804. The van der Waals surface area contributed by atoms with Crippen LogP contribution in [0.2, 0.25) is 5.02 Å². The van der Waals surface area contributed by atoms with E-state index in [0.29, 0.717) is 18.9 Å². The van der Waals surface area contributed by atoms with Crippen LogP contribution >= 0.6 is 11.6 Å². The van der Waals surface area contributed by atoms with Crippen molar-refractivity contribution >= 4 is 21.6 Å². The van der Waals surface area contributed by atoms with Gasteiger partial charge in [0.25, 0.3) is 0 Å². The van der Waals surface area contributed by atoms with Gasteiger partial charge in [-0.1, -0.05) is 11.6 Å². The van der Waals surface area contributed by atoms with Crippen molar-refractivity contribution in [2.45, 2.75) is 10.9 Å². The standard InChI is InChI=1S/C14H16ClFN4O2S/c1-19-4-3-18-14(19)13-9-17-2-5-20(13)23(21,22)12-7-10(15)6-11(16)8-12/h3-4,6-8,13,17H,2,5,9H2,1H3. The summed E-state index contributed by atoms with van der Waals surface area (Å²) < 4.78 is 42.6. The molecule has 23 heavy (non-hydrogen) atoms. The van der Waals surface area contributed by atoms with Crippen LogP contribution in [0.5, 0.6) is 0 Å². The van der Waals surface area contributed by atoms with Gasteiger partial charge in [-0.2, -0.15) is 4.31 Å². The third-order valence-corrected chi connectivity index (χ3v) is 5.90. The Morgan fingerprint density at radius 2 is 2.17 bits per heavy atom. The van der Waals surface area contributed by atoms with Crippen LogP contribution < -0.4 is 5.32 Å². The lowest BCUT2D eigenvalue weighted by atomic mass is 10.2. The maximum Gasteiger partial charge on any atom is 0.243 e. The largest absolute Gasteiger partial charge is 0.337 e. The van der Waals surface area contributed by atoms with Gasteiger partial charge in [-0.05, 0) is 18.2 Å². The zero-order valence-electron chi connectivity index (χ0n) is 12.4. The van der Waals surface area contributed by atoms with Gasteiger partial charge in [-0.15, -0.1) is 0 Å². The van der Waals surface area contributed by atoms with E-state index in [2.05, 4.69) is 10.3 Å². The highest BCUT2D eigenvalue weighted by Crippen LogP contribution is 2.29. The molecule has 1 aliphatic heterocycles. The Hall–Kier alpha value is -1.48. The molecule has 1 aromatic heterocycles. The van der Waals surface area contributed by atoms with E-state index in [1.165, 1.54) is 10.4 Å². The topological polar surface area (TPSA) is 67.2 Å². The third-order valence-electron chi connectivity index (χ3n) is 3.79. The molecule has 9 heteroatoms. The monoisotopic (exact) mass is 358 g/mol. The summed E-state index contributed by atoms with van der Waals surface area (Å²) in [5.41, 5.74) is 0. The minimum atomic E-state index is -3.88. The number of hydrogen-bond donors (Lipinski definition) is 1. The Morgan fingerprint density at radius 3 is 2.83 bits per heavy atom. The number of aryl methyl sites for hydroxylation is 1. The van der Waals surface area contributed by atoms with Crippen LogP contribution in [-0.2, 0) is 17.1 Å². The van der Waals surface area contributed by atoms with Crippen molar-refractivity contribution in [1.29, 1.82) is 0 Å². The fraction of sp³-hybridized carbons (Fsp3) is 0.357. The molecule has 1 unspecified atom stereocenters. The molecule has 1 fully saturated rings. The molecule has 0 amide bonds. The molecule has 1 saturated heterocycles. The molecule has 1 atom stereocenters. The van der Waals surface area contributed by atoms with Crippen molar-refractivity contribution in [3.8, 4) is 0 Å². The maximum atomic E-state index is 13.6. The molecule has 2 aromatic rings. The molecule has 1 N–H and O–H groups in total. The number of halogens is 2. The first-order chi connectivity index (χ1) is 10.9. The molecule has 0 bridgehead atoms. The quantitative estimate of drug-likeness (QED) is 0.904. The molecule has 0 saturated carbocycles. The summed E-state index contributed by atoms with van der Waals surface area (Å²) in [5, 5.41) is 3.22. The lowest BCUT2D eigenvalue weighted by Crippen LogP contribution is -2.49. The van der Waals surface area contributed by atoms with E-state index in [1.54, 1.807) is 24.0 Å². The fourth-order valence-corrected chi connectivity index (χ4v) is 4.63. The van der Waals surface area contributed by atoms with Crippen LogP contribution in [0.15, 0.2) is 35.5 Å². The lowest BCUT2D eigenvalue weighted by molar-refractivity contribution is 0.258. The number of aromatic nitrogens is 2. The first kappa shape index (κ1) is 16.4. The number of hydrogen-bond acceptors (Lipinski definition) is 4. The Morgan fingerprint density at radius 1 is 1.39 bits per heavy atom. The number of imidazole rings is 1. The van der Waals surface area contributed by atoms with Gasteiger partial charge in [-0.25, -0.2) is 17.8 Å². The van der Waals surface area contributed by atoms with Crippen molar-refractivity contribution in [3.63, 3.8) is 0 Å². The Balaban J connectivity index is 2.04. The van der Waals surface area contributed by atoms with E-state index in [1.807, 2.05) is 0 Å². The molecule has 2 heterocycles. The van der Waals surface area contributed by atoms with Crippen molar-refractivity contribution < 1.29 is 12.8 Å². The summed E-state index contributed by atoms with van der Waals surface area (Å²) in [5.74, 6) is -0.0528. The zero-order valence-corrected chi connectivity index (χ0v) is 14.0. The Labute approximate surface area is 138 Å². The van der Waals surface area contributed by atoms with Crippen LogP contribution in [0.3, 0.4) is 0 Å². The number of piperazine rings is 1. The molecular weight excluding hydrogens is 343 g/mol. The highest BCUT2D eigenvalue weighted by atomic mass is 35.5. The summed E-state index contributed by atoms with van der Waals surface area (Å²) in [7, 11) is -2.08. The normalized spacial score (nSPS) is 19.9. The third kappa shape index (κ3) is 3.12. The van der Waals surface area contributed by atoms with Crippen molar-refractivity contribution in [3.05, 3.63) is 47.3 Å². The van der Waals surface area contributed by atoms with E-state index in [9.17, 15) is 12.8 Å². The van der Waals surface area contributed by atoms with Crippen LogP contribution in [-0.4, -0.2) is 41.9 Å². The molecule has 1 aliphatic rings. The molecule has 0 radical (unpaired) electrons. The molecular formula is C14H16ClFN4O2S. The maximum absolute atomic E-state index is 13.6. The molecule has 0 aliphatic carbocycles. The van der Waals surface area contributed by atoms with Crippen molar-refractivity contribution in [2.24, 2.45) is 7.05 Å². The molecule has 6 nitrogen and oxygen atoms in total. The minimum absolute atomic E-state index is 0.0484. The van der Waals surface area contributed by atoms with Gasteiger partial charge in [0.1, 0.15) is 11.6 Å². The van der Waals surface area contributed by atoms with Crippen LogP contribution in [0.25, 0.3) is 0 Å². The summed E-state index contributed by atoms with van der Waals surface area (Å²) in [6.07, 6.45) is 3.38. The molecule has 124 valence electrons. The summed E-state index contributed by atoms with van der Waals surface area (Å²) >= 11 is 5.80. The summed E-state index contributed by atoms with van der Waals surface area (Å²) in [4.78, 5) is 4.10. The van der Waals surface area contributed by atoms with Gasteiger partial charge in [0.2, 0.25) is 10.0 Å². The highest BCUT2D eigenvalue weighted by Gasteiger charge is 2.36. The van der Waals surface area contributed by atoms with Crippen molar-refractivity contribution in [2.75, 3.05) is 19.6 Å². The number of rotatable bonds is 3. The van der Waals surface area contributed by atoms with E-state index < -0.39 is 21.9 Å². The molecule has 1 aromatic carbocycles. The highest BCUT2D eigenvalue weighted by molar-refractivity contribution is 7.89. The van der Waals surface area contributed by atoms with Gasteiger partial charge in [0, 0.05) is 44.1 Å². The number of benzene rings is 1. The van der Waals surface area contributed by atoms with E-state index >= 15 is 0 Å². The number of nitrogens with one attached hydrogen (secondary N) is 1. The minimum Gasteiger partial charge on any atom is -0.337 e. The molecule has 3 rings (SSSR count). The number of nitrogens with zero attached hydrogens (tertiary/aromatic N) is 3.